The van der Waals surface area contributed by atoms with Crippen molar-refractivity contribution in [3.63, 3.8) is 0 Å². The molecule has 0 spiro atoms. The highest BCUT2D eigenvalue weighted by molar-refractivity contribution is 14.1. The summed E-state index contributed by atoms with van der Waals surface area (Å²) in [5, 5.41) is 16.5. The van der Waals surface area contributed by atoms with Gasteiger partial charge in [-0.3, -0.25) is 4.79 Å². The van der Waals surface area contributed by atoms with Crippen molar-refractivity contribution in [1.29, 1.82) is 0 Å². The van der Waals surface area contributed by atoms with Gasteiger partial charge in [-0.2, -0.15) is 4.98 Å². The van der Waals surface area contributed by atoms with Crippen molar-refractivity contribution in [3.05, 3.63) is 80.8 Å². The van der Waals surface area contributed by atoms with Gasteiger partial charge < -0.3 is 20.2 Å². The molecule has 1 heterocycles. The minimum Gasteiger partial charge on any atom is -0.431 e. The number of benzene rings is 2. The number of anilines is 1. The van der Waals surface area contributed by atoms with Gasteiger partial charge in [0.15, 0.2) is 5.69 Å². The van der Waals surface area contributed by atoms with Crippen LogP contribution in [0, 0.1) is 15.2 Å². The van der Waals surface area contributed by atoms with Crippen LogP contribution < -0.4 is 15.4 Å². The average Bonchev–Trinajstić information content (AvgIpc) is 3.19. The third-order valence-corrected chi connectivity index (χ3v) is 5.96. The number of carbonyl (C=O) groups is 1. The Labute approximate surface area is 214 Å². The molecule has 0 aliphatic rings. The molecule has 0 radical (unpaired) electrons. The summed E-state index contributed by atoms with van der Waals surface area (Å²) in [6.45, 7) is 0.515. The van der Waals surface area contributed by atoms with Crippen LogP contribution in [0.4, 0.5) is 14.8 Å². The first-order valence-corrected chi connectivity index (χ1v) is 13.3. The highest BCUT2D eigenvalue weighted by Gasteiger charge is 2.25. The zero-order valence-corrected chi connectivity index (χ0v) is 21.4. The minimum absolute atomic E-state index is 0.0634. The van der Waals surface area contributed by atoms with Crippen LogP contribution in [-0.2, 0) is 23.0 Å². The standard InChI is InChI=1S/C22H23F2IN4O5S/c1-35(32,33)29-22-28-19(12-34-22)21(31)27-18(8-14-5-15(23)9-16(24)6-14)20(30)11-26-10-13-3-2-4-17(25)7-13/h2-7,9,12,18,20,26,30H,8,10-11H2,1H3,(H,27,31)(H,28,29)/t18-,20+/m0/s1. The van der Waals surface area contributed by atoms with Crippen molar-refractivity contribution in [2.75, 3.05) is 17.5 Å². The van der Waals surface area contributed by atoms with Gasteiger partial charge in [0.2, 0.25) is 10.0 Å². The van der Waals surface area contributed by atoms with E-state index in [0.29, 0.717) is 6.54 Å². The Morgan fingerprint density at radius 2 is 1.89 bits per heavy atom. The lowest BCUT2D eigenvalue weighted by Gasteiger charge is -2.24. The first-order valence-electron chi connectivity index (χ1n) is 10.3. The molecule has 0 fully saturated rings. The molecule has 35 heavy (non-hydrogen) atoms. The van der Waals surface area contributed by atoms with Crippen LogP contribution in [-0.4, -0.2) is 49.4 Å². The fourth-order valence-corrected chi connectivity index (χ4v) is 4.26. The van der Waals surface area contributed by atoms with Crippen molar-refractivity contribution in [2.45, 2.75) is 25.1 Å². The molecule has 2 atom stereocenters. The molecule has 0 saturated heterocycles. The van der Waals surface area contributed by atoms with E-state index in [9.17, 15) is 27.1 Å². The summed E-state index contributed by atoms with van der Waals surface area (Å²) in [6.07, 6.45) is 0.612. The Hall–Kier alpha value is -2.62. The van der Waals surface area contributed by atoms with Crippen molar-refractivity contribution in [3.8, 4) is 0 Å². The van der Waals surface area contributed by atoms with E-state index in [1.165, 1.54) is 0 Å². The minimum atomic E-state index is -3.67. The topological polar surface area (TPSA) is 134 Å². The lowest BCUT2D eigenvalue weighted by molar-refractivity contribution is 0.0825. The van der Waals surface area contributed by atoms with Crippen LogP contribution in [0.1, 0.15) is 21.6 Å². The molecule has 2 aromatic carbocycles. The number of amides is 1. The van der Waals surface area contributed by atoms with Gasteiger partial charge in [0.25, 0.3) is 5.91 Å². The molecular weight excluding hydrogens is 597 g/mol. The number of hydrogen-bond donors (Lipinski definition) is 4. The van der Waals surface area contributed by atoms with Crippen molar-refractivity contribution >= 4 is 44.5 Å². The summed E-state index contributed by atoms with van der Waals surface area (Å²) < 4.78 is 58.0. The van der Waals surface area contributed by atoms with Crippen molar-refractivity contribution < 1.29 is 31.5 Å². The second-order valence-electron chi connectivity index (χ2n) is 7.80. The van der Waals surface area contributed by atoms with Crippen LogP contribution in [0.3, 0.4) is 0 Å². The van der Waals surface area contributed by atoms with E-state index in [1.807, 2.05) is 29.0 Å². The van der Waals surface area contributed by atoms with Crippen LogP contribution in [0.15, 0.2) is 53.1 Å². The summed E-state index contributed by atoms with van der Waals surface area (Å²) in [5.74, 6) is -2.34. The molecule has 3 rings (SSSR count). The number of nitrogens with zero attached hydrogens (tertiary/aromatic N) is 1. The predicted octanol–water partition coefficient (Wildman–Crippen LogP) is 2.42. The smallest absolute Gasteiger partial charge is 0.309 e. The molecule has 1 aromatic heterocycles. The van der Waals surface area contributed by atoms with Crippen LogP contribution in [0.5, 0.6) is 0 Å². The van der Waals surface area contributed by atoms with Crippen molar-refractivity contribution in [2.24, 2.45) is 0 Å². The van der Waals surface area contributed by atoms with Crippen LogP contribution in [0.2, 0.25) is 0 Å². The maximum Gasteiger partial charge on any atom is 0.309 e. The lowest BCUT2D eigenvalue weighted by Crippen LogP contribution is -2.48. The Morgan fingerprint density at radius 1 is 1.17 bits per heavy atom. The van der Waals surface area contributed by atoms with E-state index in [-0.39, 0.29) is 24.2 Å². The van der Waals surface area contributed by atoms with E-state index in [0.717, 1.165) is 39.9 Å². The molecule has 0 saturated carbocycles. The predicted molar refractivity (Wildman–Crippen MR) is 133 cm³/mol. The zero-order chi connectivity index (χ0) is 25.6. The fourth-order valence-electron chi connectivity index (χ4n) is 3.25. The molecule has 0 bridgehead atoms. The largest absolute Gasteiger partial charge is 0.431 e. The summed E-state index contributed by atoms with van der Waals surface area (Å²) >= 11 is 2.19. The third kappa shape index (κ3) is 8.83. The highest BCUT2D eigenvalue weighted by atomic mass is 127. The van der Waals surface area contributed by atoms with Gasteiger partial charge in [0.05, 0.1) is 18.4 Å². The molecule has 3 aromatic rings. The molecule has 0 aliphatic heterocycles. The van der Waals surface area contributed by atoms with Crippen LogP contribution >= 0.6 is 22.6 Å². The summed E-state index contributed by atoms with van der Waals surface area (Å²) in [5.41, 5.74) is 0.972. The number of carbonyl (C=O) groups excluding carboxylic acids is 1. The van der Waals surface area contributed by atoms with Gasteiger partial charge in [-0.25, -0.2) is 21.9 Å². The maximum atomic E-state index is 13.7. The third-order valence-electron chi connectivity index (χ3n) is 4.74. The first kappa shape index (κ1) is 27.0. The second-order valence-corrected chi connectivity index (χ2v) is 10.8. The molecule has 0 unspecified atom stereocenters. The van der Waals surface area contributed by atoms with Gasteiger partial charge in [-0.1, -0.05) is 12.1 Å². The molecule has 9 nitrogen and oxygen atoms in total. The number of nitrogens with one attached hydrogen (secondary N) is 3. The number of oxazole rings is 1. The number of aliphatic hydroxyl groups excluding tert-OH is 1. The Morgan fingerprint density at radius 3 is 2.54 bits per heavy atom. The normalized spacial score (nSPS) is 13.3. The first-order chi connectivity index (χ1) is 16.5. The molecular formula is C22H23F2IN4O5S. The Balaban J connectivity index is 1.71. The van der Waals surface area contributed by atoms with E-state index < -0.39 is 45.7 Å². The second kappa shape index (κ2) is 11.9. The monoisotopic (exact) mass is 620 g/mol. The average molecular weight is 620 g/mol. The van der Waals surface area contributed by atoms with Gasteiger partial charge in [0, 0.05) is 22.7 Å². The van der Waals surface area contributed by atoms with Crippen molar-refractivity contribution in [1.82, 2.24) is 15.6 Å². The summed E-state index contributed by atoms with van der Waals surface area (Å²) in [4.78, 5) is 16.5. The molecule has 0 aliphatic carbocycles. The van der Waals surface area contributed by atoms with E-state index in [1.54, 1.807) is 0 Å². The molecule has 1 amide bonds. The lowest BCUT2D eigenvalue weighted by atomic mass is 10.0. The molecule has 4 N–H and O–H groups in total. The van der Waals surface area contributed by atoms with E-state index in [4.69, 9.17) is 4.42 Å². The van der Waals surface area contributed by atoms with Gasteiger partial charge in [-0.05, 0) is 64.4 Å². The Kier molecular flexibility index (Phi) is 9.15. The summed E-state index contributed by atoms with van der Waals surface area (Å²) in [6, 6.07) is 9.32. The quantitative estimate of drug-likeness (QED) is 0.242. The zero-order valence-electron chi connectivity index (χ0n) is 18.5. The SMILES string of the molecule is CS(=O)(=O)Nc1nc(C(=O)N[C@@H](Cc2cc(F)cc(F)c2)[C@H](O)CNCc2cccc(I)c2)co1. The van der Waals surface area contributed by atoms with Gasteiger partial charge in [0.1, 0.15) is 17.9 Å². The number of hydrogen-bond acceptors (Lipinski definition) is 7. The van der Waals surface area contributed by atoms with E-state index in [2.05, 4.69) is 38.2 Å². The van der Waals surface area contributed by atoms with E-state index >= 15 is 0 Å². The number of aliphatic hydroxyl groups is 1. The highest BCUT2D eigenvalue weighted by Crippen LogP contribution is 2.14. The summed E-state index contributed by atoms with van der Waals surface area (Å²) in [7, 11) is -3.67. The van der Waals surface area contributed by atoms with Crippen LogP contribution in [0.25, 0.3) is 0 Å². The molecule has 13 heteroatoms. The fraction of sp³-hybridized carbons (Fsp3) is 0.273. The van der Waals surface area contributed by atoms with Gasteiger partial charge >= 0.3 is 6.01 Å². The van der Waals surface area contributed by atoms with Gasteiger partial charge in [-0.15, -0.1) is 0 Å². The Bertz CT molecular complexity index is 1270. The number of aromatic nitrogens is 1. The molecule has 188 valence electrons. The number of sulfonamides is 1. The maximum absolute atomic E-state index is 13.7. The number of halogens is 3. The number of rotatable bonds is 11.